The minimum absolute atomic E-state index is 0.310. The first-order valence-electron chi connectivity index (χ1n) is 9.74. The second kappa shape index (κ2) is 10.8. The van der Waals surface area contributed by atoms with E-state index >= 15 is 0 Å². The van der Waals surface area contributed by atoms with E-state index in [1.165, 1.54) is 11.3 Å². The van der Waals surface area contributed by atoms with Gasteiger partial charge in [-0.25, -0.2) is 0 Å². The first kappa shape index (κ1) is 21.0. The Balaban J connectivity index is 1.47. The highest BCUT2D eigenvalue weighted by molar-refractivity contribution is 7.16. The fraction of sp³-hybridized carbons (Fsp3) is 0.500. The largest absolute Gasteiger partial charge is 0.386 e. The number of aromatic nitrogens is 1. The molecule has 1 aliphatic rings. The van der Waals surface area contributed by atoms with E-state index in [9.17, 15) is 5.11 Å². The van der Waals surface area contributed by atoms with Gasteiger partial charge < -0.3 is 15.7 Å². The molecular weight excluding hydrogens is 394 g/mol. The highest BCUT2D eigenvalue weighted by atomic mass is 35.5. The van der Waals surface area contributed by atoms with Crippen molar-refractivity contribution >= 4 is 28.9 Å². The predicted molar refractivity (Wildman–Crippen MR) is 116 cm³/mol. The highest BCUT2D eigenvalue weighted by Crippen LogP contribution is 2.26. The molecule has 3 N–H and O–H groups in total. The summed E-state index contributed by atoms with van der Waals surface area (Å²) in [6.45, 7) is 6.10. The third-order valence-corrected chi connectivity index (χ3v) is 6.06. The number of likely N-dealkylation sites (tertiary alicyclic amines) is 1. The van der Waals surface area contributed by atoms with Gasteiger partial charge in [-0.2, -0.15) is 0 Å². The lowest BCUT2D eigenvalue weighted by atomic mass is 10.0. The molecule has 3 rings (SSSR count). The molecule has 1 unspecified atom stereocenters. The molecule has 1 fully saturated rings. The van der Waals surface area contributed by atoms with Gasteiger partial charge in [-0.05, 0) is 44.0 Å². The van der Waals surface area contributed by atoms with E-state index in [2.05, 4.69) is 31.6 Å². The highest BCUT2D eigenvalue weighted by Gasteiger charge is 2.20. The van der Waals surface area contributed by atoms with Crippen LogP contribution in [-0.4, -0.2) is 53.2 Å². The van der Waals surface area contributed by atoms with Crippen molar-refractivity contribution in [1.82, 2.24) is 20.5 Å². The van der Waals surface area contributed by atoms with Crippen LogP contribution in [0.2, 0.25) is 4.34 Å². The Morgan fingerprint density at radius 2 is 2.18 bits per heavy atom. The number of aliphatic hydroxyl groups is 1. The molecule has 8 heteroatoms. The number of nitrogens with zero attached hydrogens (tertiary/aromatic N) is 3. The number of pyridine rings is 1. The summed E-state index contributed by atoms with van der Waals surface area (Å²) in [5.74, 6) is 0.757. The van der Waals surface area contributed by atoms with Crippen LogP contribution in [0.25, 0.3) is 0 Å². The first-order chi connectivity index (χ1) is 13.6. The van der Waals surface area contributed by atoms with Crippen LogP contribution in [0.4, 0.5) is 0 Å². The fourth-order valence-corrected chi connectivity index (χ4v) is 4.28. The second-order valence-corrected chi connectivity index (χ2v) is 8.64. The van der Waals surface area contributed by atoms with Crippen molar-refractivity contribution in [2.24, 2.45) is 4.99 Å². The van der Waals surface area contributed by atoms with Crippen molar-refractivity contribution in [3.8, 4) is 0 Å². The summed E-state index contributed by atoms with van der Waals surface area (Å²) in [7, 11) is 0. The topological polar surface area (TPSA) is 72.8 Å². The van der Waals surface area contributed by atoms with Crippen LogP contribution < -0.4 is 10.6 Å². The Morgan fingerprint density at radius 3 is 2.82 bits per heavy atom. The molecule has 1 aliphatic heterocycles. The maximum absolute atomic E-state index is 10.3. The summed E-state index contributed by atoms with van der Waals surface area (Å²) >= 11 is 7.34. The van der Waals surface area contributed by atoms with Crippen LogP contribution in [0.1, 0.15) is 36.4 Å². The smallest absolute Gasteiger partial charge is 0.191 e. The summed E-state index contributed by atoms with van der Waals surface area (Å²) in [6, 6.07) is 10.1. The number of hydrogen-bond donors (Lipinski definition) is 3. The van der Waals surface area contributed by atoms with Crippen molar-refractivity contribution in [1.29, 1.82) is 0 Å². The minimum Gasteiger partial charge on any atom is -0.386 e. The van der Waals surface area contributed by atoms with E-state index in [-0.39, 0.29) is 0 Å². The number of nitrogens with one attached hydrogen (secondary N) is 2. The number of thiophene rings is 1. The second-order valence-electron chi connectivity index (χ2n) is 6.89. The number of hydrogen-bond acceptors (Lipinski definition) is 5. The monoisotopic (exact) mass is 421 g/mol. The lowest BCUT2D eigenvalue weighted by Gasteiger charge is -2.32. The van der Waals surface area contributed by atoms with Gasteiger partial charge in [0.2, 0.25) is 0 Å². The number of piperidine rings is 1. The van der Waals surface area contributed by atoms with Crippen molar-refractivity contribution in [2.45, 2.75) is 38.5 Å². The van der Waals surface area contributed by atoms with Gasteiger partial charge in [0.15, 0.2) is 5.96 Å². The van der Waals surface area contributed by atoms with E-state index in [4.69, 9.17) is 11.6 Å². The molecule has 0 aromatic carbocycles. The summed E-state index contributed by atoms with van der Waals surface area (Å²) in [4.78, 5) is 12.3. The Morgan fingerprint density at radius 1 is 1.36 bits per heavy atom. The van der Waals surface area contributed by atoms with E-state index in [1.54, 1.807) is 6.07 Å². The number of guanidine groups is 1. The summed E-state index contributed by atoms with van der Waals surface area (Å²) in [5.41, 5.74) is 1.12. The molecule has 6 nitrogen and oxygen atoms in total. The van der Waals surface area contributed by atoms with E-state index in [0.717, 1.165) is 55.6 Å². The van der Waals surface area contributed by atoms with Crippen molar-refractivity contribution < 1.29 is 5.11 Å². The summed E-state index contributed by atoms with van der Waals surface area (Å²) < 4.78 is 0.681. The molecule has 1 atom stereocenters. The molecular formula is C20H28ClN5OS. The predicted octanol–water partition coefficient (Wildman–Crippen LogP) is 3.05. The minimum atomic E-state index is -0.631. The number of halogens is 1. The van der Waals surface area contributed by atoms with Gasteiger partial charge >= 0.3 is 0 Å². The molecule has 152 valence electrons. The van der Waals surface area contributed by atoms with Gasteiger partial charge in [0.1, 0.15) is 6.10 Å². The molecule has 2 aromatic heterocycles. The third-order valence-electron chi connectivity index (χ3n) is 4.73. The van der Waals surface area contributed by atoms with Crippen molar-refractivity contribution in [2.75, 3.05) is 26.2 Å². The van der Waals surface area contributed by atoms with Crippen LogP contribution in [0.3, 0.4) is 0 Å². The fourth-order valence-electron chi connectivity index (χ4n) is 3.24. The van der Waals surface area contributed by atoms with E-state index in [0.29, 0.717) is 16.9 Å². The number of aliphatic imine (C=N–C) groups is 1. The van der Waals surface area contributed by atoms with Gasteiger partial charge in [0.25, 0.3) is 0 Å². The molecule has 3 heterocycles. The van der Waals surface area contributed by atoms with Gasteiger partial charge in [0, 0.05) is 43.3 Å². The molecule has 1 saturated heterocycles. The molecule has 0 bridgehead atoms. The van der Waals surface area contributed by atoms with Crippen molar-refractivity contribution in [3.63, 3.8) is 0 Å². The first-order valence-corrected chi connectivity index (χ1v) is 10.9. The van der Waals surface area contributed by atoms with Crippen LogP contribution in [-0.2, 0) is 6.54 Å². The summed E-state index contributed by atoms with van der Waals surface area (Å²) in [6.07, 6.45) is 3.33. The zero-order valence-electron chi connectivity index (χ0n) is 16.1. The molecule has 0 aliphatic carbocycles. The van der Waals surface area contributed by atoms with E-state index < -0.39 is 6.10 Å². The maximum Gasteiger partial charge on any atom is 0.191 e. The lowest BCUT2D eigenvalue weighted by Crippen LogP contribution is -2.48. The standard InChI is InChI=1S/C20H28ClN5OS/c1-2-22-20(24-13-17(27)18-6-7-19(21)28-18)25-15-8-11-26(12-9-15)14-16-5-3-4-10-23-16/h3-7,10,15,17,27H,2,8-9,11-14H2,1H3,(H2,22,24,25). The average Bonchev–Trinajstić information content (AvgIpc) is 3.15. The normalized spacial score (nSPS) is 17.5. The van der Waals surface area contributed by atoms with Crippen LogP contribution >= 0.6 is 22.9 Å². The van der Waals surface area contributed by atoms with Gasteiger partial charge in [-0.1, -0.05) is 17.7 Å². The Kier molecular flexibility index (Phi) is 8.09. The molecule has 28 heavy (non-hydrogen) atoms. The molecule has 2 aromatic rings. The maximum atomic E-state index is 10.3. The average molecular weight is 422 g/mol. The third kappa shape index (κ3) is 6.44. The van der Waals surface area contributed by atoms with Crippen molar-refractivity contribution in [3.05, 3.63) is 51.4 Å². The lowest BCUT2D eigenvalue weighted by molar-refractivity contribution is 0.189. The molecule has 0 saturated carbocycles. The Bertz CT molecular complexity index is 746. The van der Waals surface area contributed by atoms with Gasteiger partial charge in [0.05, 0.1) is 16.6 Å². The van der Waals surface area contributed by atoms with Crippen LogP contribution in [0.5, 0.6) is 0 Å². The summed E-state index contributed by atoms with van der Waals surface area (Å²) in [5, 5.41) is 17.1. The zero-order chi connectivity index (χ0) is 19.8. The Labute approximate surface area is 175 Å². The quantitative estimate of drug-likeness (QED) is 0.473. The molecule has 0 spiro atoms. The van der Waals surface area contributed by atoms with E-state index in [1.807, 2.05) is 31.3 Å². The SMILES string of the molecule is CCNC(=NCC(O)c1ccc(Cl)s1)NC1CCN(Cc2ccccn2)CC1. The van der Waals surface area contributed by atoms with Gasteiger partial charge in [-0.15, -0.1) is 11.3 Å². The van der Waals surface area contributed by atoms with Crippen LogP contribution in [0, 0.1) is 0 Å². The molecule has 0 amide bonds. The van der Waals surface area contributed by atoms with Crippen LogP contribution in [0.15, 0.2) is 41.5 Å². The molecule has 0 radical (unpaired) electrons. The number of aliphatic hydroxyl groups excluding tert-OH is 1. The number of rotatable bonds is 7. The Hall–Kier alpha value is -1.67. The zero-order valence-corrected chi connectivity index (χ0v) is 17.7. The van der Waals surface area contributed by atoms with Gasteiger partial charge in [-0.3, -0.25) is 14.9 Å².